The zero-order valence-electron chi connectivity index (χ0n) is 16.2. The Morgan fingerprint density at radius 3 is 2.71 bits per heavy atom. The maximum absolute atomic E-state index is 10.7. The monoisotopic (exact) mass is 379 g/mol. The molecular weight excluding hydrogens is 354 g/mol. The molecule has 2 fully saturated rings. The quantitative estimate of drug-likeness (QED) is 0.717. The van der Waals surface area contributed by atoms with Crippen molar-refractivity contribution < 1.29 is 5.11 Å². The fraction of sp³-hybridized carbons (Fsp3) is 0.500. The van der Waals surface area contributed by atoms with Crippen molar-refractivity contribution in [2.24, 2.45) is 11.8 Å². The van der Waals surface area contributed by atoms with Crippen LogP contribution in [0.1, 0.15) is 24.1 Å². The highest BCUT2D eigenvalue weighted by molar-refractivity contribution is 5.57. The minimum absolute atomic E-state index is 0.00268. The zero-order chi connectivity index (χ0) is 19.3. The largest absolute Gasteiger partial charge is 0.391 e. The lowest BCUT2D eigenvalue weighted by molar-refractivity contribution is 0.0737. The summed E-state index contributed by atoms with van der Waals surface area (Å²) in [5.74, 6) is 2.86. The van der Waals surface area contributed by atoms with E-state index in [4.69, 9.17) is 0 Å². The van der Waals surface area contributed by atoms with Gasteiger partial charge in [0, 0.05) is 42.8 Å². The smallest absolute Gasteiger partial charge is 0.157 e. The lowest BCUT2D eigenvalue weighted by Gasteiger charge is -2.35. The SMILES string of the molecule is Cc1nc2ccnn2c(N2C[C@H]3C[C@@H](Nc4cnccn4)[C@H](O)C[C@H]3C2)c1C. The molecule has 3 aromatic rings. The molecule has 1 aliphatic heterocycles. The highest BCUT2D eigenvalue weighted by Gasteiger charge is 2.42. The Balaban J connectivity index is 1.39. The molecule has 0 radical (unpaired) electrons. The van der Waals surface area contributed by atoms with Crippen molar-refractivity contribution in [3.63, 3.8) is 0 Å². The van der Waals surface area contributed by atoms with Crippen LogP contribution in [-0.2, 0) is 0 Å². The van der Waals surface area contributed by atoms with E-state index >= 15 is 0 Å². The number of rotatable bonds is 3. The van der Waals surface area contributed by atoms with Gasteiger partial charge in [0.05, 0.1) is 24.5 Å². The highest BCUT2D eigenvalue weighted by atomic mass is 16.3. The van der Waals surface area contributed by atoms with Gasteiger partial charge in [0.2, 0.25) is 0 Å². The zero-order valence-corrected chi connectivity index (χ0v) is 16.2. The summed E-state index contributed by atoms with van der Waals surface area (Å²) in [5.41, 5.74) is 3.10. The van der Waals surface area contributed by atoms with Crippen LogP contribution in [0.3, 0.4) is 0 Å². The minimum atomic E-state index is -0.381. The predicted molar refractivity (Wildman–Crippen MR) is 106 cm³/mol. The van der Waals surface area contributed by atoms with E-state index in [1.165, 1.54) is 5.56 Å². The molecule has 1 saturated carbocycles. The topological polar surface area (TPSA) is 91.5 Å². The third kappa shape index (κ3) is 2.88. The molecule has 2 aliphatic rings. The van der Waals surface area contributed by atoms with Gasteiger partial charge in [-0.25, -0.2) is 9.97 Å². The van der Waals surface area contributed by atoms with E-state index in [1.807, 2.05) is 10.6 Å². The summed E-state index contributed by atoms with van der Waals surface area (Å²) in [6.45, 7) is 6.09. The number of aryl methyl sites for hydroxylation is 1. The second-order valence-electron chi connectivity index (χ2n) is 8.05. The van der Waals surface area contributed by atoms with E-state index in [2.05, 4.69) is 44.1 Å². The van der Waals surface area contributed by atoms with Crippen LogP contribution in [0.4, 0.5) is 11.6 Å². The summed E-state index contributed by atoms with van der Waals surface area (Å²) >= 11 is 0. The van der Waals surface area contributed by atoms with Gasteiger partial charge in [-0.05, 0) is 38.5 Å². The van der Waals surface area contributed by atoms with Crippen LogP contribution in [0.15, 0.2) is 30.9 Å². The summed E-state index contributed by atoms with van der Waals surface area (Å²) in [6.07, 6.45) is 8.17. The van der Waals surface area contributed by atoms with Gasteiger partial charge in [0.15, 0.2) is 5.65 Å². The Labute approximate surface area is 163 Å². The predicted octanol–water partition coefficient (Wildman–Crippen LogP) is 1.82. The van der Waals surface area contributed by atoms with Crippen molar-refractivity contribution in [1.82, 2.24) is 24.6 Å². The van der Waals surface area contributed by atoms with Crippen LogP contribution in [0.5, 0.6) is 0 Å². The molecule has 1 saturated heterocycles. The number of hydrogen-bond donors (Lipinski definition) is 2. The van der Waals surface area contributed by atoms with E-state index in [9.17, 15) is 5.11 Å². The molecule has 4 atom stereocenters. The Morgan fingerprint density at radius 2 is 1.93 bits per heavy atom. The van der Waals surface area contributed by atoms with Gasteiger partial charge in [0.25, 0.3) is 0 Å². The Hall–Kier alpha value is -2.74. The number of nitrogens with one attached hydrogen (secondary N) is 1. The molecule has 8 nitrogen and oxygen atoms in total. The second-order valence-corrected chi connectivity index (χ2v) is 8.05. The summed E-state index contributed by atoms with van der Waals surface area (Å²) in [5, 5.41) is 18.6. The number of aliphatic hydroxyl groups is 1. The minimum Gasteiger partial charge on any atom is -0.391 e. The van der Waals surface area contributed by atoms with Gasteiger partial charge < -0.3 is 15.3 Å². The first-order chi connectivity index (χ1) is 13.6. The highest BCUT2D eigenvalue weighted by Crippen LogP contribution is 2.40. The van der Waals surface area contributed by atoms with Crippen LogP contribution in [0, 0.1) is 25.7 Å². The van der Waals surface area contributed by atoms with Gasteiger partial charge in [0.1, 0.15) is 11.6 Å². The molecule has 146 valence electrons. The van der Waals surface area contributed by atoms with Gasteiger partial charge >= 0.3 is 0 Å². The van der Waals surface area contributed by atoms with Gasteiger partial charge in [-0.1, -0.05) is 0 Å². The molecule has 0 unspecified atom stereocenters. The van der Waals surface area contributed by atoms with Crippen molar-refractivity contribution in [3.8, 4) is 0 Å². The van der Waals surface area contributed by atoms with E-state index in [0.29, 0.717) is 11.8 Å². The van der Waals surface area contributed by atoms with E-state index in [1.54, 1.807) is 24.8 Å². The third-order valence-electron chi connectivity index (χ3n) is 6.32. The van der Waals surface area contributed by atoms with Crippen LogP contribution in [0.2, 0.25) is 0 Å². The lowest BCUT2D eigenvalue weighted by atomic mass is 9.77. The molecule has 4 heterocycles. The van der Waals surface area contributed by atoms with Crippen LogP contribution in [-0.4, -0.2) is 54.9 Å². The normalized spacial score (nSPS) is 27.2. The standard InChI is InChI=1S/C20H25N7O/c1-12-13(2)24-19-3-4-23-27(19)20(12)26-10-14-7-16(17(28)8-15(14)11-26)25-18-9-21-5-6-22-18/h3-6,9,14-17,28H,7-8,10-11H2,1-2H3,(H,22,25)/t14-,15+,16-,17-/m1/s1. The summed E-state index contributed by atoms with van der Waals surface area (Å²) in [7, 11) is 0. The Bertz CT molecular complexity index is 989. The maximum atomic E-state index is 10.7. The molecule has 3 aromatic heterocycles. The molecule has 0 aromatic carbocycles. The molecule has 0 spiro atoms. The van der Waals surface area contributed by atoms with Crippen molar-refractivity contribution in [1.29, 1.82) is 0 Å². The van der Waals surface area contributed by atoms with Gasteiger partial charge in [-0.2, -0.15) is 9.61 Å². The molecule has 28 heavy (non-hydrogen) atoms. The summed E-state index contributed by atoms with van der Waals surface area (Å²) in [6, 6.07) is 1.95. The fourth-order valence-corrected chi connectivity index (χ4v) is 4.81. The molecular formula is C20H25N7O. The average Bonchev–Trinajstić information content (AvgIpc) is 3.30. The first-order valence-corrected chi connectivity index (χ1v) is 9.86. The first-order valence-electron chi connectivity index (χ1n) is 9.86. The maximum Gasteiger partial charge on any atom is 0.157 e. The van der Waals surface area contributed by atoms with Gasteiger partial charge in [-0.3, -0.25) is 4.98 Å². The number of aliphatic hydroxyl groups excluding tert-OH is 1. The molecule has 0 bridgehead atoms. The number of fused-ring (bicyclic) bond motifs is 2. The summed E-state index contributed by atoms with van der Waals surface area (Å²) < 4.78 is 1.95. The third-order valence-corrected chi connectivity index (χ3v) is 6.32. The van der Waals surface area contributed by atoms with Crippen molar-refractivity contribution in [3.05, 3.63) is 42.1 Å². The van der Waals surface area contributed by atoms with Crippen LogP contribution in [0.25, 0.3) is 5.65 Å². The van der Waals surface area contributed by atoms with E-state index in [0.717, 1.165) is 48.9 Å². The molecule has 2 N–H and O–H groups in total. The van der Waals surface area contributed by atoms with E-state index < -0.39 is 0 Å². The second kappa shape index (κ2) is 6.70. The van der Waals surface area contributed by atoms with Crippen molar-refractivity contribution >= 4 is 17.3 Å². The molecule has 0 amide bonds. The van der Waals surface area contributed by atoms with Crippen LogP contribution >= 0.6 is 0 Å². The van der Waals surface area contributed by atoms with Gasteiger partial charge in [-0.15, -0.1) is 0 Å². The number of hydrogen-bond acceptors (Lipinski definition) is 7. The van der Waals surface area contributed by atoms with E-state index in [-0.39, 0.29) is 12.1 Å². The summed E-state index contributed by atoms with van der Waals surface area (Å²) in [4.78, 5) is 15.5. The number of anilines is 2. The van der Waals surface area contributed by atoms with Crippen molar-refractivity contribution in [2.75, 3.05) is 23.3 Å². The Morgan fingerprint density at radius 1 is 1.11 bits per heavy atom. The fourth-order valence-electron chi connectivity index (χ4n) is 4.81. The number of nitrogens with zero attached hydrogens (tertiary/aromatic N) is 6. The first kappa shape index (κ1) is 17.4. The Kier molecular flexibility index (Phi) is 4.16. The average molecular weight is 379 g/mol. The van der Waals surface area contributed by atoms with Crippen LogP contribution < -0.4 is 10.2 Å². The molecule has 1 aliphatic carbocycles. The lowest BCUT2D eigenvalue weighted by Crippen LogP contribution is -2.43. The van der Waals surface area contributed by atoms with Crippen molar-refractivity contribution in [2.45, 2.75) is 38.8 Å². The molecule has 5 rings (SSSR count). The molecule has 8 heteroatoms. The number of aromatic nitrogens is 5.